The summed E-state index contributed by atoms with van der Waals surface area (Å²) in [4.78, 5) is 36.3. The van der Waals surface area contributed by atoms with E-state index in [1.165, 1.54) is 19.1 Å². The zero-order valence-corrected chi connectivity index (χ0v) is 16.7. The third-order valence-electron chi connectivity index (χ3n) is 4.42. The zero-order valence-electron chi connectivity index (χ0n) is 16.7. The maximum atomic E-state index is 14.2. The number of halogens is 1. The standard InChI is InChI=1S/C21H22FN3O5/c1-11(2)19(23-12(3)26)21(28)25-16-9-14(5-6-15(16)22)24-20(27)13-4-7-17-18(8-13)30-10-29-17/h4-9,11,19H,10H2,1-3H3,(H,23,26)(H,24,27)(H,25,28). The first kappa shape index (κ1) is 21.1. The fraction of sp³-hybridized carbons (Fsp3) is 0.286. The van der Waals surface area contributed by atoms with Gasteiger partial charge in [0.2, 0.25) is 18.6 Å². The fourth-order valence-corrected chi connectivity index (χ4v) is 2.90. The Morgan fingerprint density at radius 1 is 1.00 bits per heavy atom. The Labute approximate surface area is 172 Å². The summed E-state index contributed by atoms with van der Waals surface area (Å²) in [6.07, 6.45) is 0. The maximum absolute atomic E-state index is 14.2. The van der Waals surface area contributed by atoms with E-state index in [4.69, 9.17) is 9.47 Å². The summed E-state index contributed by atoms with van der Waals surface area (Å²) in [6.45, 7) is 4.92. The highest BCUT2D eigenvalue weighted by atomic mass is 19.1. The molecular formula is C21H22FN3O5. The average Bonchev–Trinajstić information content (AvgIpc) is 3.16. The minimum absolute atomic E-state index is 0.0945. The second-order valence-corrected chi connectivity index (χ2v) is 7.13. The highest BCUT2D eigenvalue weighted by molar-refractivity contribution is 6.05. The van der Waals surface area contributed by atoms with E-state index in [-0.39, 0.29) is 30.0 Å². The smallest absolute Gasteiger partial charge is 0.255 e. The van der Waals surface area contributed by atoms with Crippen LogP contribution in [0.2, 0.25) is 0 Å². The third-order valence-corrected chi connectivity index (χ3v) is 4.42. The van der Waals surface area contributed by atoms with E-state index in [9.17, 15) is 18.8 Å². The molecule has 0 radical (unpaired) electrons. The minimum Gasteiger partial charge on any atom is -0.454 e. The quantitative estimate of drug-likeness (QED) is 0.673. The van der Waals surface area contributed by atoms with E-state index in [1.807, 2.05) is 0 Å². The van der Waals surface area contributed by atoms with Gasteiger partial charge in [0, 0.05) is 18.2 Å². The van der Waals surface area contributed by atoms with Crippen LogP contribution >= 0.6 is 0 Å². The van der Waals surface area contributed by atoms with Crippen LogP contribution in [0, 0.1) is 11.7 Å². The van der Waals surface area contributed by atoms with Crippen LogP contribution in [0.4, 0.5) is 15.8 Å². The Morgan fingerprint density at radius 3 is 2.43 bits per heavy atom. The molecule has 1 unspecified atom stereocenters. The van der Waals surface area contributed by atoms with E-state index in [1.54, 1.807) is 32.0 Å². The van der Waals surface area contributed by atoms with Crippen molar-refractivity contribution in [2.24, 2.45) is 5.92 Å². The molecule has 2 aromatic carbocycles. The molecule has 0 saturated heterocycles. The molecule has 0 aliphatic carbocycles. The molecule has 9 heteroatoms. The molecule has 1 aliphatic rings. The van der Waals surface area contributed by atoms with Crippen LogP contribution in [0.3, 0.4) is 0 Å². The van der Waals surface area contributed by atoms with Crippen molar-refractivity contribution in [1.82, 2.24) is 5.32 Å². The number of hydrogen-bond acceptors (Lipinski definition) is 5. The monoisotopic (exact) mass is 415 g/mol. The van der Waals surface area contributed by atoms with Gasteiger partial charge in [-0.05, 0) is 42.3 Å². The summed E-state index contributed by atoms with van der Waals surface area (Å²) < 4.78 is 24.7. The number of anilines is 2. The lowest BCUT2D eigenvalue weighted by Gasteiger charge is -2.21. The van der Waals surface area contributed by atoms with E-state index in [0.717, 1.165) is 6.07 Å². The number of fused-ring (bicyclic) bond motifs is 1. The summed E-state index contributed by atoms with van der Waals surface area (Å²) >= 11 is 0. The van der Waals surface area contributed by atoms with Crippen molar-refractivity contribution < 1.29 is 28.2 Å². The summed E-state index contributed by atoms with van der Waals surface area (Å²) in [6, 6.07) is 7.75. The topological polar surface area (TPSA) is 106 Å². The molecule has 2 aromatic rings. The Morgan fingerprint density at radius 2 is 1.73 bits per heavy atom. The highest BCUT2D eigenvalue weighted by Gasteiger charge is 2.24. The number of benzene rings is 2. The maximum Gasteiger partial charge on any atom is 0.255 e. The Kier molecular flexibility index (Phi) is 6.20. The van der Waals surface area contributed by atoms with Crippen molar-refractivity contribution in [3.63, 3.8) is 0 Å². The van der Waals surface area contributed by atoms with Gasteiger partial charge >= 0.3 is 0 Å². The number of nitrogens with one attached hydrogen (secondary N) is 3. The Balaban J connectivity index is 1.74. The van der Waals surface area contributed by atoms with Crippen LogP contribution in [-0.4, -0.2) is 30.6 Å². The number of hydrogen-bond donors (Lipinski definition) is 3. The van der Waals surface area contributed by atoms with Crippen LogP contribution < -0.4 is 25.4 Å². The van der Waals surface area contributed by atoms with Crippen molar-refractivity contribution in [3.8, 4) is 11.5 Å². The van der Waals surface area contributed by atoms with Crippen LogP contribution in [0.1, 0.15) is 31.1 Å². The van der Waals surface area contributed by atoms with Crippen molar-refractivity contribution >= 4 is 29.1 Å². The average molecular weight is 415 g/mol. The Bertz CT molecular complexity index is 993. The zero-order chi connectivity index (χ0) is 21.8. The molecule has 8 nitrogen and oxygen atoms in total. The van der Waals surface area contributed by atoms with Gasteiger partial charge in [-0.25, -0.2) is 4.39 Å². The van der Waals surface area contributed by atoms with Crippen LogP contribution in [0.5, 0.6) is 11.5 Å². The van der Waals surface area contributed by atoms with Gasteiger partial charge in [0.05, 0.1) is 5.69 Å². The molecule has 0 spiro atoms. The largest absolute Gasteiger partial charge is 0.454 e. The van der Waals surface area contributed by atoms with Gasteiger partial charge < -0.3 is 25.4 Å². The van der Waals surface area contributed by atoms with Crippen molar-refractivity contribution in [3.05, 3.63) is 47.8 Å². The van der Waals surface area contributed by atoms with Gasteiger partial charge in [-0.3, -0.25) is 14.4 Å². The van der Waals surface area contributed by atoms with E-state index >= 15 is 0 Å². The van der Waals surface area contributed by atoms with Gasteiger partial charge in [0.25, 0.3) is 5.91 Å². The summed E-state index contributed by atoms with van der Waals surface area (Å²) in [5.74, 6) is -1.21. The predicted molar refractivity (Wildman–Crippen MR) is 108 cm³/mol. The molecule has 3 rings (SSSR count). The minimum atomic E-state index is -0.825. The molecule has 30 heavy (non-hydrogen) atoms. The van der Waals surface area contributed by atoms with Gasteiger partial charge in [-0.1, -0.05) is 13.8 Å². The highest BCUT2D eigenvalue weighted by Crippen LogP contribution is 2.32. The number of rotatable bonds is 6. The molecule has 0 fully saturated rings. The van der Waals surface area contributed by atoms with E-state index < -0.39 is 23.7 Å². The normalized spacial score (nSPS) is 13.0. The predicted octanol–water partition coefficient (Wildman–Crippen LogP) is 2.91. The van der Waals surface area contributed by atoms with Gasteiger partial charge in [-0.15, -0.1) is 0 Å². The van der Waals surface area contributed by atoms with Gasteiger partial charge in [0.1, 0.15) is 11.9 Å². The molecule has 1 heterocycles. The molecular weight excluding hydrogens is 393 g/mol. The van der Waals surface area contributed by atoms with Crippen LogP contribution in [0.15, 0.2) is 36.4 Å². The second kappa shape index (κ2) is 8.81. The van der Waals surface area contributed by atoms with Gasteiger partial charge in [-0.2, -0.15) is 0 Å². The van der Waals surface area contributed by atoms with E-state index in [0.29, 0.717) is 17.1 Å². The summed E-state index contributed by atoms with van der Waals surface area (Å²) in [5, 5.41) is 7.66. The second-order valence-electron chi connectivity index (χ2n) is 7.13. The molecule has 1 atom stereocenters. The first-order valence-corrected chi connectivity index (χ1v) is 9.33. The fourth-order valence-electron chi connectivity index (χ4n) is 2.90. The third kappa shape index (κ3) is 4.86. The molecule has 0 bridgehead atoms. The SMILES string of the molecule is CC(=O)NC(C(=O)Nc1cc(NC(=O)c2ccc3c(c2)OCO3)ccc1F)C(C)C. The number of carbonyl (C=O) groups is 3. The number of ether oxygens (including phenoxy) is 2. The molecule has 0 aromatic heterocycles. The number of carbonyl (C=O) groups excluding carboxylic acids is 3. The molecule has 3 amide bonds. The van der Waals surface area contributed by atoms with E-state index in [2.05, 4.69) is 16.0 Å². The molecule has 0 saturated carbocycles. The van der Waals surface area contributed by atoms with Crippen LogP contribution in [0.25, 0.3) is 0 Å². The van der Waals surface area contributed by atoms with Gasteiger partial charge in [0.15, 0.2) is 11.5 Å². The van der Waals surface area contributed by atoms with Crippen LogP contribution in [-0.2, 0) is 9.59 Å². The first-order valence-electron chi connectivity index (χ1n) is 9.33. The molecule has 158 valence electrons. The summed E-state index contributed by atoms with van der Waals surface area (Å²) in [7, 11) is 0. The first-order chi connectivity index (χ1) is 14.2. The van der Waals surface area contributed by atoms with Crippen molar-refractivity contribution in [2.45, 2.75) is 26.8 Å². The van der Waals surface area contributed by atoms with Crippen molar-refractivity contribution in [2.75, 3.05) is 17.4 Å². The Hall–Kier alpha value is -3.62. The lowest BCUT2D eigenvalue weighted by molar-refractivity contribution is -0.126. The lowest BCUT2D eigenvalue weighted by atomic mass is 10.0. The lowest BCUT2D eigenvalue weighted by Crippen LogP contribution is -2.46. The number of amides is 3. The molecule has 3 N–H and O–H groups in total. The van der Waals surface area contributed by atoms with Crippen molar-refractivity contribution in [1.29, 1.82) is 0 Å². The molecule has 1 aliphatic heterocycles. The summed E-state index contributed by atoms with van der Waals surface area (Å²) in [5.41, 5.74) is 0.508.